The Morgan fingerprint density at radius 3 is 2.30 bits per heavy atom. The quantitative estimate of drug-likeness (QED) is 0.818. The molecule has 1 amide bonds. The minimum absolute atomic E-state index is 0.00168. The van der Waals surface area contributed by atoms with Gasteiger partial charge in [0.25, 0.3) is 0 Å². The number of hydrogen-bond donors (Lipinski definition) is 1. The van der Waals surface area contributed by atoms with Crippen LogP contribution in [0, 0.1) is 5.92 Å². The molecule has 1 aliphatic carbocycles. The van der Waals surface area contributed by atoms with Crippen molar-refractivity contribution in [3.63, 3.8) is 0 Å². The van der Waals surface area contributed by atoms with Crippen LogP contribution < -0.4 is 5.32 Å². The van der Waals surface area contributed by atoms with Crippen molar-refractivity contribution in [1.82, 2.24) is 10.2 Å². The van der Waals surface area contributed by atoms with Gasteiger partial charge in [-0.2, -0.15) is 13.2 Å². The van der Waals surface area contributed by atoms with E-state index in [0.717, 1.165) is 23.3 Å². The summed E-state index contributed by atoms with van der Waals surface area (Å²) in [5, 5.41) is 3.00. The summed E-state index contributed by atoms with van der Waals surface area (Å²) in [5.74, 6) is -0.204. The maximum atomic E-state index is 12.7. The van der Waals surface area contributed by atoms with E-state index in [1.54, 1.807) is 0 Å². The van der Waals surface area contributed by atoms with Gasteiger partial charge in [-0.05, 0) is 49.7 Å². The van der Waals surface area contributed by atoms with Gasteiger partial charge in [-0.3, -0.25) is 4.79 Å². The monoisotopic (exact) mass is 376 g/mol. The van der Waals surface area contributed by atoms with E-state index in [1.807, 2.05) is 44.4 Å². The summed E-state index contributed by atoms with van der Waals surface area (Å²) in [6.07, 6.45) is -3.66. The molecule has 0 aliphatic heterocycles. The second-order valence-electron chi connectivity index (χ2n) is 7.20. The lowest BCUT2D eigenvalue weighted by atomic mass is 10.1. The normalized spacial score (nSPS) is 20.4. The average Bonchev–Trinajstić information content (AvgIpc) is 3.42. The predicted molar refractivity (Wildman–Crippen MR) is 98.2 cm³/mol. The molecule has 0 heterocycles. The van der Waals surface area contributed by atoms with Gasteiger partial charge in [-0.25, -0.2) is 0 Å². The van der Waals surface area contributed by atoms with Crippen LogP contribution in [-0.4, -0.2) is 31.4 Å². The van der Waals surface area contributed by atoms with Gasteiger partial charge in [0.2, 0.25) is 5.91 Å². The summed E-state index contributed by atoms with van der Waals surface area (Å²) in [5.41, 5.74) is 1.25. The SMILES string of the molecule is CN(C)[C@H](CNC(=O)[C@H]1C[C@@H]1c1ccc(C(F)(F)F)cc1)c1ccccc1. The first-order valence-corrected chi connectivity index (χ1v) is 8.93. The summed E-state index contributed by atoms with van der Waals surface area (Å²) >= 11 is 0. The van der Waals surface area contributed by atoms with Crippen molar-refractivity contribution >= 4 is 5.91 Å². The van der Waals surface area contributed by atoms with Gasteiger partial charge < -0.3 is 10.2 Å². The molecule has 3 atom stereocenters. The van der Waals surface area contributed by atoms with Gasteiger partial charge in [0.15, 0.2) is 0 Å². The molecule has 3 nitrogen and oxygen atoms in total. The first-order valence-electron chi connectivity index (χ1n) is 8.93. The minimum Gasteiger partial charge on any atom is -0.354 e. The Kier molecular flexibility index (Phi) is 5.56. The van der Waals surface area contributed by atoms with E-state index in [2.05, 4.69) is 10.2 Å². The van der Waals surface area contributed by atoms with Crippen LogP contribution in [0.5, 0.6) is 0 Å². The molecule has 2 aromatic carbocycles. The third kappa shape index (κ3) is 4.69. The fraction of sp³-hybridized carbons (Fsp3) is 0.381. The number of nitrogens with zero attached hydrogens (tertiary/aromatic N) is 1. The smallest absolute Gasteiger partial charge is 0.354 e. The van der Waals surface area contributed by atoms with Crippen molar-refractivity contribution in [3.05, 3.63) is 71.3 Å². The fourth-order valence-corrected chi connectivity index (χ4v) is 3.37. The summed E-state index contributed by atoms with van der Waals surface area (Å²) in [7, 11) is 3.93. The molecule has 0 spiro atoms. The number of amides is 1. The van der Waals surface area contributed by atoms with Gasteiger partial charge >= 0.3 is 6.18 Å². The van der Waals surface area contributed by atoms with Gasteiger partial charge in [-0.1, -0.05) is 42.5 Å². The van der Waals surface area contributed by atoms with Crippen LogP contribution in [0.3, 0.4) is 0 Å². The highest BCUT2D eigenvalue weighted by molar-refractivity contribution is 5.82. The first-order chi connectivity index (χ1) is 12.8. The molecule has 0 radical (unpaired) electrons. The van der Waals surface area contributed by atoms with E-state index in [-0.39, 0.29) is 23.8 Å². The van der Waals surface area contributed by atoms with E-state index < -0.39 is 11.7 Å². The molecule has 1 fully saturated rings. The number of likely N-dealkylation sites (N-methyl/N-ethyl adjacent to an activating group) is 1. The van der Waals surface area contributed by atoms with Crippen LogP contribution >= 0.6 is 0 Å². The highest BCUT2D eigenvalue weighted by Crippen LogP contribution is 2.48. The Bertz CT molecular complexity index is 772. The molecular formula is C21H23F3N2O. The number of carbonyl (C=O) groups is 1. The Balaban J connectivity index is 1.57. The Morgan fingerprint density at radius 2 is 1.74 bits per heavy atom. The van der Waals surface area contributed by atoms with Crippen LogP contribution in [0.2, 0.25) is 0 Å². The van der Waals surface area contributed by atoms with Crippen molar-refractivity contribution in [2.24, 2.45) is 5.92 Å². The molecule has 2 aromatic rings. The molecule has 0 aromatic heterocycles. The predicted octanol–water partition coefficient (Wildman–Crippen LogP) is 4.23. The molecule has 144 valence electrons. The van der Waals surface area contributed by atoms with Gasteiger partial charge in [0.05, 0.1) is 11.6 Å². The largest absolute Gasteiger partial charge is 0.416 e. The second kappa shape index (κ2) is 7.72. The summed E-state index contributed by atoms with van der Waals surface area (Å²) in [6, 6.07) is 15.1. The number of nitrogens with one attached hydrogen (secondary N) is 1. The molecule has 1 N–H and O–H groups in total. The molecule has 3 rings (SSSR count). The molecule has 0 unspecified atom stereocenters. The second-order valence-corrected chi connectivity index (χ2v) is 7.20. The number of hydrogen-bond acceptors (Lipinski definition) is 2. The first kappa shape index (κ1) is 19.4. The zero-order valence-electron chi connectivity index (χ0n) is 15.3. The summed E-state index contributed by atoms with van der Waals surface area (Å²) < 4.78 is 38.0. The van der Waals surface area contributed by atoms with E-state index in [4.69, 9.17) is 0 Å². The van der Waals surface area contributed by atoms with E-state index in [1.165, 1.54) is 12.1 Å². The van der Waals surface area contributed by atoms with E-state index in [9.17, 15) is 18.0 Å². The summed E-state index contributed by atoms with van der Waals surface area (Å²) in [4.78, 5) is 14.5. The lowest BCUT2D eigenvalue weighted by Gasteiger charge is -2.25. The summed E-state index contributed by atoms with van der Waals surface area (Å²) in [6.45, 7) is 0.492. The third-order valence-electron chi connectivity index (χ3n) is 5.07. The Labute approximate surface area is 157 Å². The number of rotatable bonds is 6. The fourth-order valence-electron chi connectivity index (χ4n) is 3.37. The van der Waals surface area contributed by atoms with Crippen LogP contribution in [-0.2, 0) is 11.0 Å². The Hall–Kier alpha value is -2.34. The Morgan fingerprint density at radius 1 is 1.11 bits per heavy atom. The number of halogens is 3. The molecule has 1 aliphatic rings. The zero-order chi connectivity index (χ0) is 19.6. The molecule has 1 saturated carbocycles. The van der Waals surface area contributed by atoms with Crippen LogP contribution in [0.4, 0.5) is 13.2 Å². The highest BCUT2D eigenvalue weighted by Gasteiger charge is 2.44. The molecule has 6 heteroatoms. The number of carbonyl (C=O) groups excluding carboxylic acids is 1. The van der Waals surface area contributed by atoms with Crippen molar-refractivity contribution in [1.29, 1.82) is 0 Å². The maximum Gasteiger partial charge on any atom is 0.416 e. The van der Waals surface area contributed by atoms with Crippen molar-refractivity contribution in [2.75, 3.05) is 20.6 Å². The lowest BCUT2D eigenvalue weighted by molar-refractivity contribution is -0.137. The number of benzene rings is 2. The topological polar surface area (TPSA) is 32.3 Å². The van der Waals surface area contributed by atoms with Crippen LogP contribution in [0.15, 0.2) is 54.6 Å². The lowest BCUT2D eigenvalue weighted by Crippen LogP contribution is -2.35. The molecule has 0 bridgehead atoms. The van der Waals surface area contributed by atoms with E-state index >= 15 is 0 Å². The highest BCUT2D eigenvalue weighted by atomic mass is 19.4. The van der Waals surface area contributed by atoms with Gasteiger partial charge in [0.1, 0.15) is 0 Å². The van der Waals surface area contributed by atoms with Crippen molar-refractivity contribution in [2.45, 2.75) is 24.6 Å². The minimum atomic E-state index is -4.34. The van der Waals surface area contributed by atoms with Crippen molar-refractivity contribution < 1.29 is 18.0 Å². The molecule has 0 saturated heterocycles. The van der Waals surface area contributed by atoms with Crippen LogP contribution in [0.25, 0.3) is 0 Å². The molecule has 27 heavy (non-hydrogen) atoms. The standard InChI is InChI=1S/C21H23F3N2O/c1-26(2)19(15-6-4-3-5-7-15)13-25-20(27)18-12-17(18)14-8-10-16(11-9-14)21(22,23)24/h3-11,17-19H,12-13H2,1-2H3,(H,25,27)/t17-,18+,19-/m1/s1. The average molecular weight is 376 g/mol. The van der Waals surface area contributed by atoms with Gasteiger partial charge in [-0.15, -0.1) is 0 Å². The van der Waals surface area contributed by atoms with Gasteiger partial charge in [0, 0.05) is 12.5 Å². The van der Waals surface area contributed by atoms with Crippen molar-refractivity contribution in [3.8, 4) is 0 Å². The zero-order valence-corrected chi connectivity index (χ0v) is 15.3. The molecular weight excluding hydrogens is 353 g/mol. The van der Waals surface area contributed by atoms with Crippen LogP contribution in [0.1, 0.15) is 35.1 Å². The number of alkyl halides is 3. The maximum absolute atomic E-state index is 12.7. The third-order valence-corrected chi connectivity index (χ3v) is 5.07. The van der Waals surface area contributed by atoms with E-state index in [0.29, 0.717) is 13.0 Å².